The molecule has 0 bridgehead atoms. The van der Waals surface area contributed by atoms with Crippen molar-refractivity contribution in [3.63, 3.8) is 0 Å². The average molecular weight is 410 g/mol. The fourth-order valence-electron chi connectivity index (χ4n) is 4.34. The predicted molar refractivity (Wildman–Crippen MR) is 113 cm³/mol. The summed E-state index contributed by atoms with van der Waals surface area (Å²) >= 11 is 0. The third kappa shape index (κ3) is 4.32. The van der Waals surface area contributed by atoms with E-state index in [1.54, 1.807) is 18.2 Å². The Hall–Kier alpha value is -2.89. The number of rotatable bonds is 4. The number of hydrogen-bond acceptors (Lipinski definition) is 3. The lowest BCUT2D eigenvalue weighted by molar-refractivity contribution is -0.141. The molecule has 1 saturated carbocycles. The van der Waals surface area contributed by atoms with Crippen LogP contribution in [0.3, 0.4) is 0 Å². The van der Waals surface area contributed by atoms with Crippen molar-refractivity contribution in [1.29, 1.82) is 0 Å². The first-order valence-electron chi connectivity index (χ1n) is 10.7. The number of nitrogens with one attached hydrogen (secondary N) is 1. The molecule has 0 radical (unpaired) electrons. The third-order valence-electron chi connectivity index (χ3n) is 5.96. The van der Waals surface area contributed by atoms with Gasteiger partial charge in [-0.2, -0.15) is 0 Å². The van der Waals surface area contributed by atoms with Gasteiger partial charge in [0.15, 0.2) is 6.10 Å². The standard InChI is InChI=1S/C24H27FN2O3/c1-2-21-24(29)27(20-9-4-3-5-10-20)15-17-14-19(11-12-22(17)30-21)26-23(28)16-7-6-8-18(25)13-16/h6-8,11-14,20-21H,2-5,9-10,15H2,1H3,(H,26,28). The molecular formula is C24H27FN2O3. The maximum Gasteiger partial charge on any atom is 0.264 e. The van der Waals surface area contributed by atoms with Crippen molar-refractivity contribution in [2.45, 2.75) is 64.1 Å². The Morgan fingerprint density at radius 2 is 1.97 bits per heavy atom. The van der Waals surface area contributed by atoms with Gasteiger partial charge in [-0.15, -0.1) is 0 Å². The maximum atomic E-state index is 13.4. The molecule has 1 aliphatic carbocycles. The number of hydrogen-bond donors (Lipinski definition) is 1. The lowest BCUT2D eigenvalue weighted by atomic mass is 9.93. The van der Waals surface area contributed by atoms with E-state index < -0.39 is 11.9 Å². The van der Waals surface area contributed by atoms with Gasteiger partial charge < -0.3 is 15.0 Å². The molecule has 2 aliphatic rings. The van der Waals surface area contributed by atoms with Crippen LogP contribution < -0.4 is 10.1 Å². The van der Waals surface area contributed by atoms with Gasteiger partial charge in [0.25, 0.3) is 11.8 Å². The summed E-state index contributed by atoms with van der Waals surface area (Å²) in [6, 6.07) is 11.2. The number of fused-ring (bicyclic) bond motifs is 1. The third-order valence-corrected chi connectivity index (χ3v) is 5.96. The van der Waals surface area contributed by atoms with Crippen LogP contribution in [0.2, 0.25) is 0 Å². The van der Waals surface area contributed by atoms with Crippen molar-refractivity contribution in [3.8, 4) is 5.75 Å². The molecule has 2 aromatic rings. The molecule has 6 heteroatoms. The first-order chi connectivity index (χ1) is 14.5. The molecule has 2 amide bonds. The summed E-state index contributed by atoms with van der Waals surface area (Å²) in [5.41, 5.74) is 1.73. The second kappa shape index (κ2) is 8.86. The van der Waals surface area contributed by atoms with Gasteiger partial charge >= 0.3 is 0 Å². The number of benzene rings is 2. The van der Waals surface area contributed by atoms with Crippen LogP contribution >= 0.6 is 0 Å². The number of amides is 2. The van der Waals surface area contributed by atoms with Gasteiger partial charge in [-0.3, -0.25) is 9.59 Å². The highest BCUT2D eigenvalue weighted by atomic mass is 19.1. The zero-order chi connectivity index (χ0) is 21.1. The number of carbonyl (C=O) groups is 2. The van der Waals surface area contributed by atoms with Gasteiger partial charge in [-0.1, -0.05) is 32.3 Å². The molecular weight excluding hydrogens is 383 g/mol. The topological polar surface area (TPSA) is 58.6 Å². The molecule has 1 unspecified atom stereocenters. The normalized spacial score (nSPS) is 19.6. The van der Waals surface area contributed by atoms with Crippen LogP contribution in [0.4, 0.5) is 10.1 Å². The fraction of sp³-hybridized carbons (Fsp3) is 0.417. The largest absolute Gasteiger partial charge is 0.480 e. The predicted octanol–water partition coefficient (Wildman–Crippen LogP) is 4.91. The van der Waals surface area contributed by atoms with Gasteiger partial charge in [0.1, 0.15) is 11.6 Å². The average Bonchev–Trinajstić information content (AvgIpc) is 2.90. The zero-order valence-corrected chi connectivity index (χ0v) is 17.2. The van der Waals surface area contributed by atoms with E-state index in [2.05, 4.69) is 5.32 Å². The van der Waals surface area contributed by atoms with E-state index in [1.807, 2.05) is 17.9 Å². The fourth-order valence-corrected chi connectivity index (χ4v) is 4.34. The quantitative estimate of drug-likeness (QED) is 0.779. The Kier molecular flexibility index (Phi) is 6.02. The van der Waals surface area contributed by atoms with Crippen LogP contribution in [0.25, 0.3) is 0 Å². The number of halogens is 1. The van der Waals surface area contributed by atoms with Gasteiger partial charge in [-0.25, -0.2) is 4.39 Å². The molecule has 0 saturated heterocycles. The lowest BCUT2D eigenvalue weighted by Crippen LogP contribution is -2.45. The first kappa shape index (κ1) is 20.4. The summed E-state index contributed by atoms with van der Waals surface area (Å²) in [6.07, 6.45) is 5.67. The second-order valence-corrected chi connectivity index (χ2v) is 8.06. The summed E-state index contributed by atoms with van der Waals surface area (Å²) in [6.45, 7) is 2.43. The molecule has 0 aromatic heterocycles. The van der Waals surface area contributed by atoms with Crippen LogP contribution in [0.1, 0.15) is 61.4 Å². The Morgan fingerprint density at radius 3 is 2.70 bits per heavy atom. The molecule has 1 atom stereocenters. The molecule has 30 heavy (non-hydrogen) atoms. The van der Waals surface area contributed by atoms with Crippen LogP contribution in [-0.4, -0.2) is 28.9 Å². The maximum absolute atomic E-state index is 13.4. The highest BCUT2D eigenvalue weighted by Gasteiger charge is 2.34. The van der Waals surface area contributed by atoms with Crippen LogP contribution in [0.15, 0.2) is 42.5 Å². The molecule has 158 valence electrons. The van der Waals surface area contributed by atoms with Crippen LogP contribution in [0.5, 0.6) is 5.75 Å². The van der Waals surface area contributed by atoms with Crippen LogP contribution in [0, 0.1) is 5.82 Å². The van der Waals surface area contributed by atoms with Crippen LogP contribution in [-0.2, 0) is 11.3 Å². The summed E-state index contributed by atoms with van der Waals surface area (Å²) in [5.74, 6) is -0.107. The number of ether oxygens (including phenoxy) is 1. The summed E-state index contributed by atoms with van der Waals surface area (Å²) < 4.78 is 19.5. The minimum Gasteiger partial charge on any atom is -0.480 e. The van der Waals surface area contributed by atoms with Crippen molar-refractivity contribution >= 4 is 17.5 Å². The Bertz CT molecular complexity index is 940. The first-order valence-corrected chi connectivity index (χ1v) is 10.7. The van der Waals surface area contributed by atoms with E-state index in [0.717, 1.165) is 31.2 Å². The van der Waals surface area contributed by atoms with E-state index >= 15 is 0 Å². The van der Waals surface area contributed by atoms with E-state index in [0.29, 0.717) is 24.4 Å². The van der Waals surface area contributed by atoms with E-state index in [-0.39, 0.29) is 23.4 Å². The molecule has 1 aliphatic heterocycles. The molecule has 5 nitrogen and oxygen atoms in total. The van der Waals surface area contributed by atoms with E-state index in [1.165, 1.54) is 24.6 Å². The lowest BCUT2D eigenvalue weighted by Gasteiger charge is -2.34. The minimum atomic E-state index is -0.485. The number of carbonyl (C=O) groups excluding carboxylic acids is 2. The van der Waals surface area contributed by atoms with Gasteiger partial charge in [0.05, 0.1) is 0 Å². The van der Waals surface area contributed by atoms with E-state index in [9.17, 15) is 14.0 Å². The Labute approximate surface area is 176 Å². The zero-order valence-electron chi connectivity index (χ0n) is 17.2. The minimum absolute atomic E-state index is 0.0472. The number of anilines is 1. The van der Waals surface area contributed by atoms with Gasteiger partial charge in [-0.05, 0) is 55.7 Å². The summed E-state index contributed by atoms with van der Waals surface area (Å²) in [5, 5.41) is 2.82. The van der Waals surface area contributed by atoms with Crippen molar-refractivity contribution in [3.05, 3.63) is 59.4 Å². The summed E-state index contributed by atoms with van der Waals surface area (Å²) in [7, 11) is 0. The van der Waals surface area contributed by atoms with Crippen molar-refractivity contribution in [2.24, 2.45) is 0 Å². The Morgan fingerprint density at radius 1 is 1.17 bits per heavy atom. The highest BCUT2D eigenvalue weighted by Crippen LogP contribution is 2.33. The molecule has 4 rings (SSSR count). The SMILES string of the molecule is CCC1Oc2ccc(NC(=O)c3cccc(F)c3)cc2CN(C2CCCCC2)C1=O. The molecule has 1 N–H and O–H groups in total. The molecule has 0 spiro atoms. The molecule has 1 fully saturated rings. The van der Waals surface area contributed by atoms with Crippen molar-refractivity contribution in [1.82, 2.24) is 4.90 Å². The van der Waals surface area contributed by atoms with Crippen molar-refractivity contribution in [2.75, 3.05) is 5.32 Å². The highest BCUT2D eigenvalue weighted by molar-refractivity contribution is 6.04. The monoisotopic (exact) mass is 410 g/mol. The second-order valence-electron chi connectivity index (χ2n) is 8.06. The van der Waals surface area contributed by atoms with Gasteiger partial charge in [0, 0.05) is 29.4 Å². The van der Waals surface area contributed by atoms with E-state index in [4.69, 9.17) is 4.74 Å². The van der Waals surface area contributed by atoms with Gasteiger partial charge in [0.2, 0.25) is 0 Å². The smallest absolute Gasteiger partial charge is 0.264 e. The number of nitrogens with zero attached hydrogens (tertiary/aromatic N) is 1. The molecule has 2 aromatic carbocycles. The molecule has 1 heterocycles. The Balaban J connectivity index is 1.58. The van der Waals surface area contributed by atoms with Crippen molar-refractivity contribution < 1.29 is 18.7 Å². The summed E-state index contributed by atoms with van der Waals surface area (Å²) in [4.78, 5) is 27.6.